The highest BCUT2D eigenvalue weighted by Gasteiger charge is 2.06. The van der Waals surface area contributed by atoms with Gasteiger partial charge in [-0.15, -0.1) is 0 Å². The van der Waals surface area contributed by atoms with Crippen LogP contribution in [0.4, 0.5) is 0 Å². The Morgan fingerprint density at radius 1 is 1.50 bits per heavy atom. The molecule has 62 valence electrons. The van der Waals surface area contributed by atoms with Gasteiger partial charge < -0.3 is 15.2 Å². The smallest absolute Gasteiger partial charge is 0.0638 e. The zero-order valence-electron chi connectivity index (χ0n) is 6.92. The molecule has 0 aliphatic carbocycles. The molecule has 3 nitrogen and oxygen atoms in total. The molecule has 1 atom stereocenters. The zero-order valence-corrected chi connectivity index (χ0v) is 6.92. The van der Waals surface area contributed by atoms with E-state index in [1.807, 2.05) is 13.8 Å². The molecule has 0 rings (SSSR count). The molecule has 1 unspecified atom stereocenters. The molecule has 3 heteroatoms. The van der Waals surface area contributed by atoms with Crippen molar-refractivity contribution in [1.29, 1.82) is 0 Å². The van der Waals surface area contributed by atoms with Crippen LogP contribution in [0.1, 0.15) is 13.8 Å². The predicted molar refractivity (Wildman–Crippen MR) is 41.0 cm³/mol. The van der Waals surface area contributed by atoms with Crippen LogP contribution >= 0.6 is 0 Å². The molecule has 0 fully saturated rings. The van der Waals surface area contributed by atoms with Crippen molar-refractivity contribution in [3.63, 3.8) is 0 Å². The summed E-state index contributed by atoms with van der Waals surface area (Å²) in [7, 11) is 1.63. The van der Waals surface area contributed by atoms with Gasteiger partial charge in [-0.05, 0) is 0 Å². The lowest BCUT2D eigenvalue weighted by molar-refractivity contribution is 0.124. The van der Waals surface area contributed by atoms with Crippen molar-refractivity contribution in [1.82, 2.24) is 5.32 Å². The first-order chi connectivity index (χ1) is 4.70. The first kappa shape index (κ1) is 9.88. The Hall–Kier alpha value is -0.120. The lowest BCUT2D eigenvalue weighted by Gasteiger charge is -2.17. The molecule has 0 heterocycles. The van der Waals surface area contributed by atoms with Gasteiger partial charge in [0.1, 0.15) is 0 Å². The highest BCUT2D eigenvalue weighted by atomic mass is 16.5. The Bertz CT molecular complexity index is 76.0. The van der Waals surface area contributed by atoms with E-state index in [1.165, 1.54) is 0 Å². The molecule has 0 aromatic rings. The molecule has 0 spiro atoms. The molecule has 2 N–H and O–H groups in total. The number of nitrogens with one attached hydrogen (secondary N) is 1. The summed E-state index contributed by atoms with van der Waals surface area (Å²) in [6, 6.07) is 0.470. The topological polar surface area (TPSA) is 41.5 Å². The fraction of sp³-hybridized carbons (Fsp3) is 1.00. The van der Waals surface area contributed by atoms with Crippen LogP contribution in [0.25, 0.3) is 0 Å². The second-order valence-corrected chi connectivity index (χ2v) is 2.66. The van der Waals surface area contributed by atoms with Crippen molar-refractivity contribution in [2.75, 3.05) is 20.3 Å². The quantitative estimate of drug-likeness (QED) is 0.575. The summed E-state index contributed by atoms with van der Waals surface area (Å²) in [6.07, 6.45) is 0. The van der Waals surface area contributed by atoms with Gasteiger partial charge in [0.2, 0.25) is 0 Å². The van der Waals surface area contributed by atoms with Gasteiger partial charge in [-0.2, -0.15) is 0 Å². The summed E-state index contributed by atoms with van der Waals surface area (Å²) in [5.74, 6) is 0. The van der Waals surface area contributed by atoms with Crippen LogP contribution < -0.4 is 5.32 Å². The minimum atomic E-state index is 0.0741. The number of ether oxygens (including phenoxy) is 1. The summed E-state index contributed by atoms with van der Waals surface area (Å²) in [5.41, 5.74) is 0. The van der Waals surface area contributed by atoms with Gasteiger partial charge in [-0.25, -0.2) is 0 Å². The highest BCUT2D eigenvalue weighted by Crippen LogP contribution is 1.86. The van der Waals surface area contributed by atoms with Gasteiger partial charge in [0.15, 0.2) is 0 Å². The van der Waals surface area contributed by atoms with Gasteiger partial charge in [0.05, 0.1) is 19.3 Å². The molecule has 0 aromatic carbocycles. The Labute approximate surface area is 62.4 Å². The van der Waals surface area contributed by atoms with E-state index in [0.29, 0.717) is 12.6 Å². The van der Waals surface area contributed by atoms with Gasteiger partial charge in [-0.1, -0.05) is 13.8 Å². The van der Waals surface area contributed by atoms with Crippen LogP contribution in [0, 0.1) is 0 Å². The Balaban J connectivity index is 3.39. The van der Waals surface area contributed by atoms with Crippen molar-refractivity contribution < 1.29 is 9.84 Å². The largest absolute Gasteiger partial charge is 0.395 e. The number of aliphatic hydroxyl groups excluding tert-OH is 1. The van der Waals surface area contributed by atoms with Crippen LogP contribution in [-0.2, 0) is 4.74 Å². The Kier molecular flexibility index (Phi) is 5.58. The second kappa shape index (κ2) is 5.65. The Morgan fingerprint density at radius 3 is 2.40 bits per heavy atom. The first-order valence-electron chi connectivity index (χ1n) is 3.56. The zero-order chi connectivity index (χ0) is 7.98. The van der Waals surface area contributed by atoms with Crippen molar-refractivity contribution in [3.05, 3.63) is 0 Å². The molecule has 0 radical (unpaired) electrons. The fourth-order valence-electron chi connectivity index (χ4n) is 0.826. The van der Waals surface area contributed by atoms with E-state index >= 15 is 0 Å². The minimum absolute atomic E-state index is 0.0741. The van der Waals surface area contributed by atoms with Gasteiger partial charge >= 0.3 is 0 Å². The van der Waals surface area contributed by atoms with Gasteiger partial charge in [-0.3, -0.25) is 0 Å². The Morgan fingerprint density at radius 2 is 2.10 bits per heavy atom. The third kappa shape index (κ3) is 4.73. The summed E-state index contributed by atoms with van der Waals surface area (Å²) < 4.78 is 4.87. The molecule has 0 saturated heterocycles. The number of rotatable bonds is 5. The van der Waals surface area contributed by atoms with E-state index in [-0.39, 0.29) is 12.6 Å². The molecule has 0 amide bonds. The van der Waals surface area contributed by atoms with Crippen LogP contribution in [0.2, 0.25) is 0 Å². The van der Waals surface area contributed by atoms with Crippen molar-refractivity contribution >= 4 is 0 Å². The predicted octanol–water partition coefficient (Wildman–Crippen LogP) is -0.00830. The molecule has 0 aliphatic heterocycles. The SMILES string of the molecule is COCC(CO)NC(C)C. The van der Waals surface area contributed by atoms with Crippen molar-refractivity contribution in [2.24, 2.45) is 0 Å². The monoisotopic (exact) mass is 147 g/mol. The maximum atomic E-state index is 8.76. The molecular formula is C7H17NO2. The van der Waals surface area contributed by atoms with E-state index in [4.69, 9.17) is 9.84 Å². The maximum Gasteiger partial charge on any atom is 0.0638 e. The summed E-state index contributed by atoms with van der Waals surface area (Å²) in [5, 5.41) is 11.9. The summed E-state index contributed by atoms with van der Waals surface area (Å²) >= 11 is 0. The van der Waals surface area contributed by atoms with Gasteiger partial charge in [0.25, 0.3) is 0 Å². The van der Waals surface area contributed by atoms with E-state index in [9.17, 15) is 0 Å². The lowest BCUT2D eigenvalue weighted by Crippen LogP contribution is -2.40. The normalized spacial score (nSPS) is 14.1. The first-order valence-corrected chi connectivity index (χ1v) is 3.56. The average molecular weight is 147 g/mol. The summed E-state index contributed by atoms with van der Waals surface area (Å²) in [4.78, 5) is 0. The number of hydrogen-bond donors (Lipinski definition) is 2. The average Bonchev–Trinajstić information content (AvgIpc) is 1.86. The summed E-state index contributed by atoms with van der Waals surface area (Å²) in [6.45, 7) is 4.78. The molecule has 0 saturated carbocycles. The molecule has 0 aromatic heterocycles. The second-order valence-electron chi connectivity index (χ2n) is 2.66. The minimum Gasteiger partial charge on any atom is -0.395 e. The molecule has 0 aliphatic rings. The van der Waals surface area contributed by atoms with Crippen molar-refractivity contribution in [2.45, 2.75) is 25.9 Å². The van der Waals surface area contributed by atoms with E-state index in [0.717, 1.165) is 0 Å². The number of hydrogen-bond acceptors (Lipinski definition) is 3. The van der Waals surface area contributed by atoms with Crippen LogP contribution in [0.15, 0.2) is 0 Å². The molecular weight excluding hydrogens is 130 g/mol. The van der Waals surface area contributed by atoms with E-state index in [2.05, 4.69) is 5.32 Å². The standard InChI is InChI=1S/C7H17NO2/c1-6(2)8-7(4-9)5-10-3/h6-9H,4-5H2,1-3H3. The third-order valence-corrected chi connectivity index (χ3v) is 1.16. The molecule has 0 bridgehead atoms. The van der Waals surface area contributed by atoms with E-state index in [1.54, 1.807) is 7.11 Å². The molecule has 10 heavy (non-hydrogen) atoms. The van der Waals surface area contributed by atoms with Gasteiger partial charge in [0, 0.05) is 13.2 Å². The highest BCUT2D eigenvalue weighted by molar-refractivity contribution is 4.66. The van der Waals surface area contributed by atoms with Crippen LogP contribution in [0.5, 0.6) is 0 Å². The van der Waals surface area contributed by atoms with Crippen molar-refractivity contribution in [3.8, 4) is 0 Å². The maximum absolute atomic E-state index is 8.76. The number of aliphatic hydroxyl groups is 1. The third-order valence-electron chi connectivity index (χ3n) is 1.16. The van der Waals surface area contributed by atoms with Crippen LogP contribution in [-0.4, -0.2) is 37.5 Å². The fourth-order valence-corrected chi connectivity index (χ4v) is 0.826. The van der Waals surface area contributed by atoms with E-state index < -0.39 is 0 Å². The van der Waals surface area contributed by atoms with Crippen LogP contribution in [0.3, 0.4) is 0 Å². The lowest BCUT2D eigenvalue weighted by atomic mass is 10.3. The number of methoxy groups -OCH3 is 1.